The van der Waals surface area contributed by atoms with Crippen molar-refractivity contribution in [3.8, 4) is 5.75 Å². The van der Waals surface area contributed by atoms with Gasteiger partial charge >= 0.3 is 6.09 Å². The Kier molecular flexibility index (Phi) is 3.80. The van der Waals surface area contributed by atoms with Gasteiger partial charge in [0.15, 0.2) is 0 Å². The lowest BCUT2D eigenvalue weighted by Crippen LogP contribution is -2.61. The molecule has 2 aromatic rings. The molecule has 2 aliphatic heterocycles. The monoisotopic (exact) mass is 324 g/mol. The molecule has 1 spiro atoms. The lowest BCUT2D eigenvalue weighted by molar-refractivity contribution is 0.0734. The molecule has 2 fully saturated rings. The number of para-hydroxylation sites is 1. The second kappa shape index (κ2) is 6.11. The van der Waals surface area contributed by atoms with E-state index in [9.17, 15) is 4.79 Å². The summed E-state index contributed by atoms with van der Waals surface area (Å²) in [5.74, 6) is 1.40. The van der Waals surface area contributed by atoms with Crippen LogP contribution in [0.4, 0.5) is 10.7 Å². The highest BCUT2D eigenvalue weighted by atomic mass is 16.6. The smallest absolute Gasteiger partial charge is 0.410 e. The lowest BCUT2D eigenvalue weighted by Gasteiger charge is -2.53. The summed E-state index contributed by atoms with van der Waals surface area (Å²) >= 11 is 0. The Hall–Kier alpha value is -2.63. The average Bonchev–Trinajstić information content (AvgIpc) is 2.61. The Morgan fingerprint density at radius 3 is 2.33 bits per heavy atom. The zero-order chi connectivity index (χ0) is 16.4. The third-order valence-electron chi connectivity index (χ3n) is 4.92. The van der Waals surface area contributed by atoms with E-state index in [2.05, 4.69) is 14.9 Å². The van der Waals surface area contributed by atoms with Gasteiger partial charge in [0.25, 0.3) is 0 Å². The molecule has 1 aromatic heterocycles. The van der Waals surface area contributed by atoms with Crippen molar-refractivity contribution in [3.05, 3.63) is 48.8 Å². The average molecular weight is 324 g/mol. The molecule has 1 amide bonds. The van der Waals surface area contributed by atoms with Crippen LogP contribution < -0.4 is 9.64 Å². The van der Waals surface area contributed by atoms with Gasteiger partial charge < -0.3 is 14.5 Å². The van der Waals surface area contributed by atoms with Crippen molar-refractivity contribution in [2.24, 2.45) is 5.41 Å². The Labute approximate surface area is 141 Å². The quantitative estimate of drug-likeness (QED) is 0.850. The number of rotatable bonds is 2. The Morgan fingerprint density at radius 2 is 1.67 bits per heavy atom. The van der Waals surface area contributed by atoms with Gasteiger partial charge in [0.1, 0.15) is 5.75 Å². The molecular weight excluding hydrogens is 304 g/mol. The molecule has 0 atom stereocenters. The van der Waals surface area contributed by atoms with Gasteiger partial charge in [0.2, 0.25) is 5.95 Å². The molecule has 6 nitrogen and oxygen atoms in total. The number of piperidine rings is 1. The Balaban J connectivity index is 1.29. The van der Waals surface area contributed by atoms with Crippen LogP contribution in [-0.4, -0.2) is 47.1 Å². The molecule has 2 saturated heterocycles. The fourth-order valence-electron chi connectivity index (χ4n) is 3.49. The van der Waals surface area contributed by atoms with Crippen molar-refractivity contribution < 1.29 is 9.53 Å². The molecule has 2 aliphatic rings. The second-order valence-corrected chi connectivity index (χ2v) is 6.57. The molecule has 6 heteroatoms. The topological polar surface area (TPSA) is 58.6 Å². The number of benzene rings is 1. The second-order valence-electron chi connectivity index (χ2n) is 6.57. The van der Waals surface area contributed by atoms with E-state index in [4.69, 9.17) is 4.74 Å². The predicted octanol–water partition coefficient (Wildman–Crippen LogP) is 2.58. The molecule has 1 aromatic carbocycles. The van der Waals surface area contributed by atoms with E-state index in [1.807, 2.05) is 24.3 Å². The third-order valence-corrected chi connectivity index (χ3v) is 4.92. The molecular formula is C18H20N4O2. The minimum absolute atomic E-state index is 0.251. The van der Waals surface area contributed by atoms with Crippen molar-refractivity contribution in [1.82, 2.24) is 14.9 Å². The minimum atomic E-state index is -0.251. The zero-order valence-corrected chi connectivity index (χ0v) is 13.5. The number of carbonyl (C=O) groups is 1. The SMILES string of the molecule is O=C(Oc1ccccc1)N1CCC2(CC1)CN(c1ncccn1)C2. The van der Waals surface area contributed by atoms with Gasteiger partial charge in [-0.1, -0.05) is 18.2 Å². The van der Waals surface area contributed by atoms with Crippen LogP contribution in [0.15, 0.2) is 48.8 Å². The molecule has 0 saturated carbocycles. The van der Waals surface area contributed by atoms with E-state index in [1.165, 1.54) is 0 Å². The normalized spacial score (nSPS) is 19.0. The van der Waals surface area contributed by atoms with Crippen molar-refractivity contribution in [3.63, 3.8) is 0 Å². The van der Waals surface area contributed by atoms with Crippen molar-refractivity contribution in [2.75, 3.05) is 31.1 Å². The first-order chi connectivity index (χ1) is 11.7. The summed E-state index contributed by atoms with van der Waals surface area (Å²) in [7, 11) is 0. The van der Waals surface area contributed by atoms with Gasteiger partial charge in [-0.3, -0.25) is 0 Å². The van der Waals surface area contributed by atoms with Gasteiger partial charge in [0.05, 0.1) is 0 Å². The maximum Gasteiger partial charge on any atom is 0.415 e. The summed E-state index contributed by atoms with van der Waals surface area (Å²) in [6.07, 6.45) is 5.30. The summed E-state index contributed by atoms with van der Waals surface area (Å²) in [6.45, 7) is 3.43. The molecule has 3 heterocycles. The Morgan fingerprint density at radius 1 is 1.00 bits per heavy atom. The predicted molar refractivity (Wildman–Crippen MR) is 90.0 cm³/mol. The van der Waals surface area contributed by atoms with Gasteiger partial charge in [-0.15, -0.1) is 0 Å². The molecule has 0 unspecified atom stereocenters. The molecule has 124 valence electrons. The van der Waals surface area contributed by atoms with E-state index in [1.54, 1.807) is 29.4 Å². The van der Waals surface area contributed by atoms with Crippen LogP contribution in [0.1, 0.15) is 12.8 Å². The van der Waals surface area contributed by atoms with Crippen LogP contribution >= 0.6 is 0 Å². The van der Waals surface area contributed by atoms with Gasteiger partial charge in [-0.25, -0.2) is 14.8 Å². The Bertz CT molecular complexity index is 691. The number of nitrogens with zero attached hydrogens (tertiary/aromatic N) is 4. The maximum absolute atomic E-state index is 12.2. The van der Waals surface area contributed by atoms with Crippen molar-refractivity contribution in [1.29, 1.82) is 0 Å². The summed E-state index contributed by atoms with van der Waals surface area (Å²) in [5, 5.41) is 0. The minimum Gasteiger partial charge on any atom is -0.410 e. The van der Waals surface area contributed by atoms with E-state index in [0.29, 0.717) is 11.2 Å². The first-order valence-electron chi connectivity index (χ1n) is 8.28. The maximum atomic E-state index is 12.2. The summed E-state index contributed by atoms with van der Waals surface area (Å²) in [5.41, 5.74) is 0.294. The van der Waals surface area contributed by atoms with Crippen LogP contribution in [0, 0.1) is 5.41 Å². The van der Waals surface area contributed by atoms with Crippen LogP contribution in [-0.2, 0) is 0 Å². The first kappa shape index (κ1) is 14.9. The van der Waals surface area contributed by atoms with Crippen LogP contribution in [0.5, 0.6) is 5.75 Å². The summed E-state index contributed by atoms with van der Waals surface area (Å²) in [4.78, 5) is 24.9. The molecule has 24 heavy (non-hydrogen) atoms. The summed E-state index contributed by atoms with van der Waals surface area (Å²) < 4.78 is 5.42. The van der Waals surface area contributed by atoms with Crippen LogP contribution in [0.2, 0.25) is 0 Å². The highest BCUT2D eigenvalue weighted by Gasteiger charge is 2.46. The number of anilines is 1. The first-order valence-corrected chi connectivity index (χ1v) is 8.28. The van der Waals surface area contributed by atoms with Crippen molar-refractivity contribution in [2.45, 2.75) is 12.8 Å². The van der Waals surface area contributed by atoms with E-state index < -0.39 is 0 Å². The fourth-order valence-corrected chi connectivity index (χ4v) is 3.49. The highest BCUT2D eigenvalue weighted by Crippen LogP contribution is 2.41. The van der Waals surface area contributed by atoms with Gasteiger partial charge in [0, 0.05) is 44.0 Å². The highest BCUT2D eigenvalue weighted by molar-refractivity contribution is 5.70. The number of hydrogen-bond donors (Lipinski definition) is 0. The number of hydrogen-bond acceptors (Lipinski definition) is 5. The van der Waals surface area contributed by atoms with E-state index in [0.717, 1.165) is 45.0 Å². The molecule has 0 radical (unpaired) electrons. The fraction of sp³-hybridized carbons (Fsp3) is 0.389. The van der Waals surface area contributed by atoms with E-state index in [-0.39, 0.29) is 6.09 Å². The van der Waals surface area contributed by atoms with Crippen molar-refractivity contribution >= 4 is 12.0 Å². The summed E-state index contributed by atoms with van der Waals surface area (Å²) in [6, 6.07) is 11.1. The van der Waals surface area contributed by atoms with Gasteiger partial charge in [-0.05, 0) is 31.0 Å². The largest absolute Gasteiger partial charge is 0.415 e. The van der Waals surface area contributed by atoms with E-state index >= 15 is 0 Å². The number of ether oxygens (including phenoxy) is 1. The molecule has 0 bridgehead atoms. The number of aromatic nitrogens is 2. The van der Waals surface area contributed by atoms with Gasteiger partial charge in [-0.2, -0.15) is 0 Å². The molecule has 4 rings (SSSR count). The number of amides is 1. The number of carbonyl (C=O) groups excluding carboxylic acids is 1. The lowest BCUT2D eigenvalue weighted by atomic mass is 9.72. The van der Waals surface area contributed by atoms with Crippen LogP contribution in [0.3, 0.4) is 0 Å². The molecule has 0 aliphatic carbocycles. The number of likely N-dealkylation sites (tertiary alicyclic amines) is 1. The molecule has 0 N–H and O–H groups in total. The standard InChI is InChI=1S/C18H20N4O2/c23-17(24-15-5-2-1-3-6-15)21-11-7-18(8-12-21)13-22(14-18)16-19-9-4-10-20-16/h1-6,9-10H,7-8,11-14H2. The van der Waals surface area contributed by atoms with Crippen LogP contribution in [0.25, 0.3) is 0 Å². The zero-order valence-electron chi connectivity index (χ0n) is 13.5. The third kappa shape index (κ3) is 2.91.